The van der Waals surface area contributed by atoms with Gasteiger partial charge in [-0.2, -0.15) is 13.2 Å². The Bertz CT molecular complexity index is 397. The maximum absolute atomic E-state index is 12.5. The van der Waals surface area contributed by atoms with Crippen molar-refractivity contribution in [3.63, 3.8) is 0 Å². The number of aromatic nitrogens is 2. The number of rotatable bonds is 2. The third-order valence-corrected chi connectivity index (χ3v) is 2.81. The Kier molecular flexibility index (Phi) is 3.19. The quantitative estimate of drug-likeness (QED) is 0.857. The second kappa shape index (κ2) is 4.48. The van der Waals surface area contributed by atoms with E-state index in [4.69, 9.17) is 5.11 Å². The van der Waals surface area contributed by atoms with Gasteiger partial charge in [0, 0.05) is 13.1 Å². The molecule has 1 aromatic rings. The maximum atomic E-state index is 12.5. The van der Waals surface area contributed by atoms with Crippen molar-refractivity contribution in [2.45, 2.75) is 19.2 Å². The molecule has 0 aliphatic carbocycles. The molecule has 7 heteroatoms. The first-order chi connectivity index (χ1) is 8.00. The van der Waals surface area contributed by atoms with Crippen molar-refractivity contribution in [1.82, 2.24) is 9.97 Å². The van der Waals surface area contributed by atoms with Crippen LogP contribution >= 0.6 is 0 Å². The van der Waals surface area contributed by atoms with Gasteiger partial charge in [0.1, 0.15) is 5.82 Å². The molecule has 94 valence electrons. The molecule has 0 radical (unpaired) electrons. The van der Waals surface area contributed by atoms with Crippen LogP contribution in [0.5, 0.6) is 0 Å². The van der Waals surface area contributed by atoms with Crippen LogP contribution in [-0.2, 0) is 6.61 Å². The van der Waals surface area contributed by atoms with Crippen LogP contribution in [0, 0.1) is 5.92 Å². The predicted octanol–water partition coefficient (Wildman–Crippen LogP) is 1.36. The lowest BCUT2D eigenvalue weighted by atomic mass is 10.1. The number of hydrogen-bond donors (Lipinski definition) is 1. The molecule has 17 heavy (non-hydrogen) atoms. The van der Waals surface area contributed by atoms with Crippen LogP contribution in [0.15, 0.2) is 12.4 Å². The molecular formula is C10H12F3N3O. The van der Waals surface area contributed by atoms with Gasteiger partial charge in [0.15, 0.2) is 0 Å². The highest BCUT2D eigenvalue weighted by molar-refractivity contribution is 5.37. The number of anilines is 1. The molecule has 1 saturated heterocycles. The molecule has 1 aromatic heterocycles. The van der Waals surface area contributed by atoms with Crippen LogP contribution in [0.4, 0.5) is 19.0 Å². The van der Waals surface area contributed by atoms with E-state index in [1.54, 1.807) is 4.90 Å². The van der Waals surface area contributed by atoms with Crippen molar-refractivity contribution in [3.8, 4) is 0 Å². The fourth-order valence-electron chi connectivity index (χ4n) is 1.86. The molecule has 2 rings (SSSR count). The molecule has 0 amide bonds. The zero-order chi connectivity index (χ0) is 12.5. The Labute approximate surface area is 96.1 Å². The summed E-state index contributed by atoms with van der Waals surface area (Å²) in [6.45, 7) is -0.0435. The first-order valence-corrected chi connectivity index (χ1v) is 5.24. The van der Waals surface area contributed by atoms with Gasteiger partial charge in [0.25, 0.3) is 0 Å². The van der Waals surface area contributed by atoms with Crippen molar-refractivity contribution >= 4 is 5.82 Å². The van der Waals surface area contributed by atoms with Crippen LogP contribution in [0.3, 0.4) is 0 Å². The lowest BCUT2D eigenvalue weighted by Crippen LogP contribution is -2.28. The van der Waals surface area contributed by atoms with Crippen molar-refractivity contribution < 1.29 is 18.3 Å². The molecule has 0 aromatic carbocycles. The molecular weight excluding hydrogens is 235 g/mol. The predicted molar refractivity (Wildman–Crippen MR) is 54.3 cm³/mol. The summed E-state index contributed by atoms with van der Waals surface area (Å²) in [5.41, 5.74) is 0.359. The molecule has 0 spiro atoms. The molecule has 4 nitrogen and oxygen atoms in total. The molecule has 1 N–H and O–H groups in total. The smallest absolute Gasteiger partial charge is 0.390 e. The minimum Gasteiger partial charge on any atom is -0.390 e. The molecule has 1 unspecified atom stereocenters. The Morgan fingerprint density at radius 2 is 2.18 bits per heavy atom. The van der Waals surface area contributed by atoms with E-state index in [1.807, 2.05) is 0 Å². The number of aliphatic hydroxyl groups excluding tert-OH is 1. The van der Waals surface area contributed by atoms with Gasteiger partial charge in [-0.15, -0.1) is 0 Å². The highest BCUT2D eigenvalue weighted by Gasteiger charge is 2.43. The van der Waals surface area contributed by atoms with E-state index in [9.17, 15) is 13.2 Å². The first kappa shape index (κ1) is 12.1. The monoisotopic (exact) mass is 247 g/mol. The third-order valence-electron chi connectivity index (χ3n) is 2.81. The van der Waals surface area contributed by atoms with Gasteiger partial charge in [0.2, 0.25) is 0 Å². The molecule has 1 atom stereocenters. The van der Waals surface area contributed by atoms with Crippen molar-refractivity contribution in [1.29, 1.82) is 0 Å². The fourth-order valence-corrected chi connectivity index (χ4v) is 1.86. The summed E-state index contributed by atoms with van der Waals surface area (Å²) < 4.78 is 37.5. The standard InChI is InChI=1S/C10H12F3N3O/c11-10(12,13)7-1-2-16(5-7)9-4-14-3-8(6-17)15-9/h3-4,7,17H,1-2,5-6H2. The molecule has 1 aliphatic rings. The second-order valence-electron chi connectivity index (χ2n) is 4.00. The van der Waals surface area contributed by atoms with Crippen molar-refractivity contribution in [3.05, 3.63) is 18.1 Å². The number of nitrogens with zero attached hydrogens (tertiary/aromatic N) is 3. The Hall–Kier alpha value is -1.37. The Morgan fingerprint density at radius 3 is 2.76 bits per heavy atom. The Balaban J connectivity index is 2.09. The normalized spacial score (nSPS) is 20.9. The average molecular weight is 247 g/mol. The zero-order valence-corrected chi connectivity index (χ0v) is 8.98. The lowest BCUT2D eigenvalue weighted by Gasteiger charge is -2.18. The summed E-state index contributed by atoms with van der Waals surface area (Å²) in [5.74, 6) is -0.912. The topological polar surface area (TPSA) is 49.3 Å². The highest BCUT2D eigenvalue weighted by atomic mass is 19.4. The van der Waals surface area contributed by atoms with Crippen LogP contribution < -0.4 is 4.90 Å². The van der Waals surface area contributed by atoms with E-state index in [2.05, 4.69) is 9.97 Å². The first-order valence-electron chi connectivity index (χ1n) is 5.24. The van der Waals surface area contributed by atoms with Gasteiger partial charge >= 0.3 is 6.18 Å². The molecule has 0 bridgehead atoms. The number of alkyl halides is 3. The van der Waals surface area contributed by atoms with Crippen LogP contribution in [0.25, 0.3) is 0 Å². The van der Waals surface area contributed by atoms with Crippen LogP contribution in [-0.4, -0.2) is 34.3 Å². The largest absolute Gasteiger partial charge is 0.393 e. The summed E-state index contributed by atoms with van der Waals surface area (Å²) in [6, 6.07) is 0. The minimum absolute atomic E-state index is 0.0779. The van der Waals surface area contributed by atoms with E-state index < -0.39 is 12.1 Å². The van der Waals surface area contributed by atoms with Crippen molar-refractivity contribution in [2.24, 2.45) is 5.92 Å². The van der Waals surface area contributed by atoms with E-state index in [0.29, 0.717) is 18.1 Å². The third kappa shape index (κ3) is 2.66. The van der Waals surface area contributed by atoms with Gasteiger partial charge in [-0.3, -0.25) is 4.98 Å². The number of halogens is 3. The zero-order valence-electron chi connectivity index (χ0n) is 8.98. The maximum Gasteiger partial charge on any atom is 0.393 e. The molecule has 1 fully saturated rings. The van der Waals surface area contributed by atoms with E-state index in [1.165, 1.54) is 12.4 Å². The second-order valence-corrected chi connectivity index (χ2v) is 4.00. The van der Waals surface area contributed by atoms with Gasteiger partial charge in [-0.05, 0) is 6.42 Å². The molecule has 0 saturated carbocycles. The number of hydrogen-bond acceptors (Lipinski definition) is 4. The van der Waals surface area contributed by atoms with Crippen molar-refractivity contribution in [2.75, 3.05) is 18.0 Å². The minimum atomic E-state index is -4.16. The Morgan fingerprint density at radius 1 is 1.41 bits per heavy atom. The van der Waals surface area contributed by atoms with Gasteiger partial charge in [-0.1, -0.05) is 0 Å². The fraction of sp³-hybridized carbons (Fsp3) is 0.600. The molecule has 1 aliphatic heterocycles. The summed E-state index contributed by atoms with van der Waals surface area (Å²) in [4.78, 5) is 9.42. The van der Waals surface area contributed by atoms with Crippen LogP contribution in [0.1, 0.15) is 12.1 Å². The highest BCUT2D eigenvalue weighted by Crippen LogP contribution is 2.34. The SMILES string of the molecule is OCc1cncc(N2CCC(C(F)(F)F)C2)n1. The van der Waals surface area contributed by atoms with Gasteiger partial charge in [0.05, 0.1) is 30.6 Å². The van der Waals surface area contributed by atoms with Crippen LogP contribution in [0.2, 0.25) is 0 Å². The van der Waals surface area contributed by atoms with E-state index >= 15 is 0 Å². The summed E-state index contributed by atoms with van der Waals surface area (Å²) in [6.07, 6.45) is -1.27. The van der Waals surface area contributed by atoms with E-state index in [0.717, 1.165) is 0 Å². The summed E-state index contributed by atoms with van der Waals surface area (Å²) in [7, 11) is 0. The summed E-state index contributed by atoms with van der Waals surface area (Å²) >= 11 is 0. The van der Waals surface area contributed by atoms with Gasteiger partial charge < -0.3 is 10.0 Å². The molecule has 2 heterocycles. The lowest BCUT2D eigenvalue weighted by molar-refractivity contribution is -0.168. The average Bonchev–Trinajstić information content (AvgIpc) is 2.78. The van der Waals surface area contributed by atoms with E-state index in [-0.39, 0.29) is 19.6 Å². The van der Waals surface area contributed by atoms with Gasteiger partial charge in [-0.25, -0.2) is 4.98 Å². The number of aliphatic hydroxyl groups is 1. The summed E-state index contributed by atoms with van der Waals surface area (Å²) in [5, 5.41) is 8.89.